The van der Waals surface area contributed by atoms with E-state index in [0.717, 1.165) is 17.5 Å². The number of ether oxygens (including phenoxy) is 1. The van der Waals surface area contributed by atoms with Gasteiger partial charge < -0.3 is 15.0 Å². The summed E-state index contributed by atoms with van der Waals surface area (Å²) in [5, 5.41) is 2.98. The quantitative estimate of drug-likeness (QED) is 0.594. The highest BCUT2D eigenvalue weighted by Gasteiger charge is 2.27. The van der Waals surface area contributed by atoms with Gasteiger partial charge in [-0.3, -0.25) is 9.59 Å². The van der Waals surface area contributed by atoms with Crippen LogP contribution < -0.4 is 10.1 Å². The van der Waals surface area contributed by atoms with Crippen molar-refractivity contribution in [1.29, 1.82) is 0 Å². The second kappa shape index (κ2) is 11.5. The van der Waals surface area contributed by atoms with Crippen LogP contribution in [0.2, 0.25) is 0 Å². The first-order valence-corrected chi connectivity index (χ1v) is 11.1. The van der Waals surface area contributed by atoms with Gasteiger partial charge in [0.05, 0.1) is 0 Å². The van der Waals surface area contributed by atoms with Crippen molar-refractivity contribution in [3.63, 3.8) is 0 Å². The van der Waals surface area contributed by atoms with Crippen LogP contribution in [0.4, 0.5) is 0 Å². The number of aryl methyl sites for hydroxylation is 1. The van der Waals surface area contributed by atoms with Crippen LogP contribution in [0, 0.1) is 6.92 Å². The summed E-state index contributed by atoms with van der Waals surface area (Å²) < 4.78 is 5.75. The second-order valence-corrected chi connectivity index (χ2v) is 8.52. The third kappa shape index (κ3) is 7.42. The van der Waals surface area contributed by atoms with Crippen molar-refractivity contribution in [3.8, 4) is 5.75 Å². The zero-order valence-corrected chi connectivity index (χ0v) is 19.6. The number of amides is 2. The minimum absolute atomic E-state index is 0.0570. The summed E-state index contributed by atoms with van der Waals surface area (Å²) in [6, 6.07) is 15.2. The van der Waals surface area contributed by atoms with E-state index >= 15 is 0 Å². The number of benzene rings is 2. The predicted molar refractivity (Wildman–Crippen MR) is 125 cm³/mol. The lowest BCUT2D eigenvalue weighted by Gasteiger charge is -2.29. The van der Waals surface area contributed by atoms with Gasteiger partial charge in [-0.15, -0.1) is 0 Å². The van der Waals surface area contributed by atoms with E-state index in [-0.39, 0.29) is 24.5 Å². The molecule has 2 aromatic rings. The monoisotopic (exact) mass is 424 g/mol. The Bertz CT molecular complexity index is 861. The Balaban J connectivity index is 2.13. The molecule has 0 spiro atoms. The molecule has 2 rings (SSSR count). The minimum Gasteiger partial charge on any atom is -0.484 e. The van der Waals surface area contributed by atoms with Gasteiger partial charge in [0.2, 0.25) is 5.91 Å². The van der Waals surface area contributed by atoms with E-state index in [1.807, 2.05) is 69.3 Å². The molecular weight excluding hydrogens is 388 g/mol. The smallest absolute Gasteiger partial charge is 0.261 e. The molecule has 0 saturated heterocycles. The fourth-order valence-electron chi connectivity index (χ4n) is 3.23. The van der Waals surface area contributed by atoms with Crippen molar-refractivity contribution in [2.75, 3.05) is 6.61 Å². The number of hydrogen-bond donors (Lipinski definition) is 1. The molecule has 0 bridgehead atoms. The van der Waals surface area contributed by atoms with Gasteiger partial charge in [0.25, 0.3) is 5.91 Å². The van der Waals surface area contributed by atoms with E-state index in [9.17, 15) is 9.59 Å². The summed E-state index contributed by atoms with van der Waals surface area (Å²) in [6.07, 6.45) is 0.833. The molecule has 2 aromatic carbocycles. The first-order valence-electron chi connectivity index (χ1n) is 11.1. The molecule has 0 aliphatic heterocycles. The second-order valence-electron chi connectivity index (χ2n) is 8.52. The lowest BCUT2D eigenvalue weighted by atomic mass is 10.0. The van der Waals surface area contributed by atoms with Gasteiger partial charge in [0.15, 0.2) is 6.61 Å². The van der Waals surface area contributed by atoms with Gasteiger partial charge in [0, 0.05) is 12.6 Å². The maximum absolute atomic E-state index is 13.1. The van der Waals surface area contributed by atoms with Crippen molar-refractivity contribution in [1.82, 2.24) is 10.2 Å². The zero-order chi connectivity index (χ0) is 23.0. The molecule has 0 saturated carbocycles. The predicted octanol–water partition coefficient (Wildman–Crippen LogP) is 4.83. The van der Waals surface area contributed by atoms with Crippen molar-refractivity contribution < 1.29 is 14.3 Å². The molecule has 0 heterocycles. The standard InChI is InChI=1S/C26H36N2O3/c1-7-20(5)27-26(30)21(6)28(16-22-10-8-9-19(4)15-22)25(29)17-31-24-13-11-23(12-14-24)18(2)3/h8-15,18,20-21H,7,16-17H2,1-6H3,(H,27,30)/t20-,21-/m0/s1. The molecular formula is C26H36N2O3. The molecule has 1 N–H and O–H groups in total. The molecule has 0 aromatic heterocycles. The molecule has 31 heavy (non-hydrogen) atoms. The zero-order valence-electron chi connectivity index (χ0n) is 19.6. The number of carbonyl (C=O) groups excluding carboxylic acids is 2. The Kier molecular flexibility index (Phi) is 9.10. The Morgan fingerprint density at radius 2 is 1.71 bits per heavy atom. The van der Waals surface area contributed by atoms with Gasteiger partial charge in [-0.25, -0.2) is 0 Å². The van der Waals surface area contributed by atoms with Crippen LogP contribution in [0.5, 0.6) is 5.75 Å². The number of nitrogens with zero attached hydrogens (tertiary/aromatic N) is 1. The maximum atomic E-state index is 13.1. The largest absolute Gasteiger partial charge is 0.484 e. The molecule has 0 radical (unpaired) electrons. The summed E-state index contributed by atoms with van der Waals surface area (Å²) >= 11 is 0. The maximum Gasteiger partial charge on any atom is 0.261 e. The molecule has 0 aliphatic rings. The van der Waals surface area contributed by atoms with Crippen LogP contribution in [0.1, 0.15) is 63.6 Å². The highest BCUT2D eigenvalue weighted by atomic mass is 16.5. The lowest BCUT2D eigenvalue weighted by Crippen LogP contribution is -2.50. The SMILES string of the molecule is CC[C@H](C)NC(=O)[C@H](C)N(Cc1cccc(C)c1)C(=O)COc1ccc(C(C)C)cc1. The Morgan fingerprint density at radius 1 is 1.03 bits per heavy atom. The fourth-order valence-corrected chi connectivity index (χ4v) is 3.23. The molecule has 2 amide bonds. The molecule has 0 aliphatic carbocycles. The van der Waals surface area contributed by atoms with Gasteiger partial charge in [0.1, 0.15) is 11.8 Å². The third-order valence-corrected chi connectivity index (χ3v) is 5.51. The number of hydrogen-bond acceptors (Lipinski definition) is 3. The highest BCUT2D eigenvalue weighted by Crippen LogP contribution is 2.19. The minimum atomic E-state index is -0.603. The van der Waals surface area contributed by atoms with Crippen molar-refractivity contribution in [2.45, 2.75) is 72.5 Å². The molecule has 168 valence electrons. The normalized spacial score (nSPS) is 12.9. The van der Waals surface area contributed by atoms with Crippen LogP contribution in [-0.2, 0) is 16.1 Å². The topological polar surface area (TPSA) is 58.6 Å². The Hall–Kier alpha value is -2.82. The van der Waals surface area contributed by atoms with E-state index in [1.165, 1.54) is 5.56 Å². The van der Waals surface area contributed by atoms with Crippen molar-refractivity contribution in [2.24, 2.45) is 0 Å². The summed E-state index contributed by atoms with van der Waals surface area (Å²) in [5.41, 5.74) is 3.32. The van der Waals surface area contributed by atoms with Crippen LogP contribution >= 0.6 is 0 Å². The number of carbonyl (C=O) groups is 2. The summed E-state index contributed by atoms with van der Waals surface area (Å²) in [7, 11) is 0. The Morgan fingerprint density at radius 3 is 2.29 bits per heavy atom. The lowest BCUT2D eigenvalue weighted by molar-refractivity contribution is -0.142. The first-order chi connectivity index (χ1) is 14.7. The van der Waals surface area contributed by atoms with Gasteiger partial charge in [-0.2, -0.15) is 0 Å². The molecule has 0 fully saturated rings. The highest BCUT2D eigenvalue weighted by molar-refractivity contribution is 5.88. The third-order valence-electron chi connectivity index (χ3n) is 5.51. The summed E-state index contributed by atoms with van der Waals surface area (Å²) in [4.78, 5) is 27.4. The number of rotatable bonds is 10. The van der Waals surface area contributed by atoms with Crippen LogP contribution in [-0.4, -0.2) is 35.4 Å². The average molecular weight is 425 g/mol. The average Bonchev–Trinajstić information content (AvgIpc) is 2.75. The Labute approximate surface area is 186 Å². The molecule has 2 atom stereocenters. The van der Waals surface area contributed by atoms with E-state index < -0.39 is 6.04 Å². The first kappa shape index (κ1) is 24.4. The van der Waals surface area contributed by atoms with Gasteiger partial charge in [-0.1, -0.05) is 62.7 Å². The van der Waals surface area contributed by atoms with Crippen LogP contribution in [0.25, 0.3) is 0 Å². The van der Waals surface area contributed by atoms with Gasteiger partial charge >= 0.3 is 0 Å². The summed E-state index contributed by atoms with van der Waals surface area (Å²) in [5.74, 6) is 0.702. The van der Waals surface area contributed by atoms with E-state index in [2.05, 4.69) is 19.2 Å². The van der Waals surface area contributed by atoms with Crippen LogP contribution in [0.3, 0.4) is 0 Å². The summed E-state index contributed by atoms with van der Waals surface area (Å²) in [6.45, 7) is 12.3. The molecule has 0 unspecified atom stereocenters. The molecule has 5 heteroatoms. The molecule has 5 nitrogen and oxygen atoms in total. The van der Waals surface area contributed by atoms with E-state index in [0.29, 0.717) is 18.2 Å². The number of nitrogens with one attached hydrogen (secondary N) is 1. The fraction of sp³-hybridized carbons (Fsp3) is 0.462. The van der Waals surface area contributed by atoms with Crippen molar-refractivity contribution in [3.05, 3.63) is 65.2 Å². The van der Waals surface area contributed by atoms with E-state index in [4.69, 9.17) is 4.74 Å². The van der Waals surface area contributed by atoms with Crippen molar-refractivity contribution >= 4 is 11.8 Å². The van der Waals surface area contributed by atoms with E-state index in [1.54, 1.807) is 11.8 Å². The van der Waals surface area contributed by atoms with Crippen LogP contribution in [0.15, 0.2) is 48.5 Å². The van der Waals surface area contributed by atoms with Gasteiger partial charge in [-0.05, 0) is 56.4 Å².